The third kappa shape index (κ3) is 2.85. The van der Waals surface area contributed by atoms with Crippen molar-refractivity contribution in [2.45, 2.75) is 13.3 Å². The van der Waals surface area contributed by atoms with Crippen molar-refractivity contribution in [3.8, 4) is 22.1 Å². The second kappa shape index (κ2) is 6.13. The van der Waals surface area contributed by atoms with E-state index in [-0.39, 0.29) is 0 Å². The van der Waals surface area contributed by atoms with Gasteiger partial charge >= 0.3 is 0 Å². The van der Waals surface area contributed by atoms with Crippen molar-refractivity contribution in [3.05, 3.63) is 58.3 Å². The average molecular weight is 310 g/mol. The molecular formula is C17H14N2S2. The largest absolute Gasteiger partial charge is 0.348 e. The first-order valence-corrected chi connectivity index (χ1v) is 8.27. The molecule has 0 radical (unpaired) electrons. The van der Waals surface area contributed by atoms with Crippen LogP contribution >= 0.6 is 22.7 Å². The van der Waals surface area contributed by atoms with E-state index in [4.69, 9.17) is 6.42 Å². The molecule has 0 saturated carbocycles. The van der Waals surface area contributed by atoms with Crippen LogP contribution in [0.3, 0.4) is 0 Å². The van der Waals surface area contributed by atoms with Gasteiger partial charge in [0.2, 0.25) is 0 Å². The van der Waals surface area contributed by atoms with Gasteiger partial charge in [0.25, 0.3) is 0 Å². The molecule has 3 aromatic rings. The number of aryl methyl sites for hydroxylation is 1. The van der Waals surface area contributed by atoms with E-state index in [1.807, 2.05) is 6.92 Å². The standard InChI is InChI=1S/C17H14N2S2/c1-3-4-6-13(17-12(2)18-11-19-17)14-8-9-16(21-14)15-7-5-10-20-15/h1,5-11H,4H2,2H3,(H,18,19)/b13-6-. The summed E-state index contributed by atoms with van der Waals surface area (Å²) in [6.07, 6.45) is 9.82. The van der Waals surface area contributed by atoms with E-state index in [1.54, 1.807) is 29.0 Å². The van der Waals surface area contributed by atoms with Crippen LogP contribution in [0.1, 0.15) is 22.7 Å². The first kappa shape index (κ1) is 13.9. The van der Waals surface area contributed by atoms with Gasteiger partial charge in [0, 0.05) is 32.3 Å². The summed E-state index contributed by atoms with van der Waals surface area (Å²) in [5, 5.41) is 2.10. The summed E-state index contributed by atoms with van der Waals surface area (Å²) >= 11 is 3.53. The zero-order valence-corrected chi connectivity index (χ0v) is 13.2. The van der Waals surface area contributed by atoms with Gasteiger partial charge in [-0.2, -0.15) is 0 Å². The molecule has 3 rings (SSSR count). The molecule has 0 unspecified atom stereocenters. The molecular weight excluding hydrogens is 296 g/mol. The van der Waals surface area contributed by atoms with Crippen molar-refractivity contribution in [1.82, 2.24) is 9.97 Å². The Morgan fingerprint density at radius 1 is 1.38 bits per heavy atom. The Labute approximate surface area is 132 Å². The molecule has 0 saturated heterocycles. The van der Waals surface area contributed by atoms with Gasteiger partial charge in [-0.05, 0) is 30.5 Å². The molecule has 0 atom stereocenters. The number of allylic oxidation sites excluding steroid dienone is 1. The number of nitrogens with one attached hydrogen (secondary N) is 1. The Morgan fingerprint density at radius 3 is 2.95 bits per heavy atom. The molecule has 21 heavy (non-hydrogen) atoms. The highest BCUT2D eigenvalue weighted by atomic mass is 32.1. The van der Waals surface area contributed by atoms with Gasteiger partial charge in [0.05, 0.1) is 12.0 Å². The van der Waals surface area contributed by atoms with Gasteiger partial charge < -0.3 is 4.98 Å². The second-order valence-corrected chi connectivity index (χ2v) is 6.57. The maximum atomic E-state index is 5.41. The molecule has 0 aliphatic rings. The molecule has 0 fully saturated rings. The van der Waals surface area contributed by atoms with E-state index in [1.165, 1.54) is 14.6 Å². The second-order valence-electron chi connectivity index (χ2n) is 4.54. The van der Waals surface area contributed by atoms with Crippen molar-refractivity contribution in [3.63, 3.8) is 0 Å². The zero-order chi connectivity index (χ0) is 14.7. The Balaban J connectivity index is 2.02. The number of hydrogen-bond acceptors (Lipinski definition) is 3. The van der Waals surface area contributed by atoms with Crippen molar-refractivity contribution in [1.29, 1.82) is 0 Å². The highest BCUT2D eigenvalue weighted by Crippen LogP contribution is 2.36. The summed E-state index contributed by atoms with van der Waals surface area (Å²) in [4.78, 5) is 11.3. The van der Waals surface area contributed by atoms with Crippen LogP contribution in [0.5, 0.6) is 0 Å². The van der Waals surface area contributed by atoms with Crippen molar-refractivity contribution in [2.75, 3.05) is 0 Å². The van der Waals surface area contributed by atoms with E-state index in [0.717, 1.165) is 17.0 Å². The minimum absolute atomic E-state index is 0.605. The molecule has 0 amide bonds. The van der Waals surface area contributed by atoms with Crippen LogP contribution in [0.15, 0.2) is 42.0 Å². The van der Waals surface area contributed by atoms with Gasteiger partial charge in [-0.1, -0.05) is 12.1 Å². The molecule has 0 spiro atoms. The van der Waals surface area contributed by atoms with Gasteiger partial charge in [0.1, 0.15) is 0 Å². The molecule has 0 aliphatic carbocycles. The Morgan fingerprint density at radius 2 is 2.29 bits per heavy atom. The lowest BCUT2D eigenvalue weighted by molar-refractivity contribution is 1.25. The number of nitrogens with zero attached hydrogens (tertiary/aromatic N) is 1. The topological polar surface area (TPSA) is 28.7 Å². The van der Waals surface area contributed by atoms with Crippen LogP contribution in [0.2, 0.25) is 0 Å². The lowest BCUT2D eigenvalue weighted by atomic mass is 10.1. The number of hydrogen-bond donors (Lipinski definition) is 1. The van der Waals surface area contributed by atoms with E-state index in [0.29, 0.717) is 6.42 Å². The molecule has 0 aliphatic heterocycles. The van der Waals surface area contributed by atoms with E-state index in [2.05, 4.69) is 51.6 Å². The average Bonchev–Trinajstić information content (AvgIpc) is 3.19. The van der Waals surface area contributed by atoms with Crippen LogP contribution in [-0.2, 0) is 0 Å². The monoisotopic (exact) mass is 310 g/mol. The highest BCUT2D eigenvalue weighted by Gasteiger charge is 2.13. The number of aromatic amines is 1. The summed E-state index contributed by atoms with van der Waals surface area (Å²) < 4.78 is 0. The van der Waals surface area contributed by atoms with E-state index in [9.17, 15) is 0 Å². The number of aromatic nitrogens is 2. The molecule has 1 N–H and O–H groups in total. The first-order chi connectivity index (χ1) is 10.3. The minimum atomic E-state index is 0.605. The van der Waals surface area contributed by atoms with Crippen molar-refractivity contribution < 1.29 is 0 Å². The number of imidazole rings is 1. The Kier molecular flexibility index (Phi) is 4.05. The normalized spacial score (nSPS) is 11.5. The minimum Gasteiger partial charge on any atom is -0.348 e. The molecule has 4 heteroatoms. The van der Waals surface area contributed by atoms with Crippen LogP contribution in [0, 0.1) is 19.3 Å². The van der Waals surface area contributed by atoms with Gasteiger partial charge in [0.15, 0.2) is 0 Å². The molecule has 2 nitrogen and oxygen atoms in total. The zero-order valence-electron chi connectivity index (χ0n) is 11.6. The molecule has 3 aromatic heterocycles. The van der Waals surface area contributed by atoms with Gasteiger partial charge in [-0.15, -0.1) is 35.0 Å². The fraction of sp³-hybridized carbons (Fsp3) is 0.118. The molecule has 104 valence electrons. The first-order valence-electron chi connectivity index (χ1n) is 6.57. The summed E-state index contributed by atoms with van der Waals surface area (Å²) in [7, 11) is 0. The van der Waals surface area contributed by atoms with Crippen LogP contribution in [0.4, 0.5) is 0 Å². The molecule has 0 bridgehead atoms. The fourth-order valence-corrected chi connectivity index (χ4v) is 4.02. The lowest BCUT2D eigenvalue weighted by Crippen LogP contribution is -1.88. The van der Waals surface area contributed by atoms with Crippen LogP contribution < -0.4 is 0 Å². The van der Waals surface area contributed by atoms with E-state index < -0.39 is 0 Å². The maximum absolute atomic E-state index is 5.41. The molecule has 0 aromatic carbocycles. The summed E-state index contributed by atoms with van der Waals surface area (Å²) in [5.74, 6) is 2.68. The quantitative estimate of drug-likeness (QED) is 0.678. The van der Waals surface area contributed by atoms with Crippen molar-refractivity contribution in [2.24, 2.45) is 0 Å². The Bertz CT molecular complexity index is 798. The van der Waals surface area contributed by atoms with Crippen LogP contribution in [0.25, 0.3) is 15.3 Å². The predicted octanol–water partition coefficient (Wildman–Crippen LogP) is 4.96. The third-order valence-electron chi connectivity index (χ3n) is 3.14. The number of H-pyrrole nitrogens is 1. The van der Waals surface area contributed by atoms with Gasteiger partial charge in [-0.25, -0.2) is 4.98 Å². The summed E-state index contributed by atoms with van der Waals surface area (Å²) in [5.41, 5.74) is 3.15. The number of terminal acetylenes is 1. The Hall–Kier alpha value is -2.09. The SMILES string of the molecule is C#CC/C=C(/c1ccc(-c2cccs2)s1)c1nc[nH]c1C. The fourth-order valence-electron chi connectivity index (χ4n) is 2.14. The lowest BCUT2D eigenvalue weighted by Gasteiger charge is -2.03. The predicted molar refractivity (Wildman–Crippen MR) is 91.5 cm³/mol. The van der Waals surface area contributed by atoms with Crippen molar-refractivity contribution >= 4 is 28.2 Å². The third-order valence-corrected chi connectivity index (χ3v) is 5.33. The molecule has 3 heterocycles. The smallest absolute Gasteiger partial charge is 0.0929 e. The number of thiophene rings is 2. The summed E-state index contributed by atoms with van der Waals surface area (Å²) in [6, 6.07) is 8.53. The van der Waals surface area contributed by atoms with Crippen LogP contribution in [-0.4, -0.2) is 9.97 Å². The highest BCUT2D eigenvalue weighted by molar-refractivity contribution is 7.21. The van der Waals surface area contributed by atoms with Gasteiger partial charge in [-0.3, -0.25) is 0 Å². The number of rotatable bonds is 4. The maximum Gasteiger partial charge on any atom is 0.0929 e. The van der Waals surface area contributed by atoms with E-state index >= 15 is 0 Å². The summed E-state index contributed by atoms with van der Waals surface area (Å²) in [6.45, 7) is 2.03.